The molecule has 0 spiro atoms. The lowest BCUT2D eigenvalue weighted by molar-refractivity contribution is -0.109. The molecular weight excluding hydrogens is 280 g/mol. The standard InChI is InChI=1S/C14H16O3S2/c1-9(15)18-8-6-12(16)14(17)11-3-2-4-13-10(11)5-7-19-13/h2-5,7,12,14,16-17H,6,8H2,1H3. The fourth-order valence-electron chi connectivity index (χ4n) is 1.96. The molecule has 0 aliphatic rings. The number of carbonyl (C=O) groups is 1. The van der Waals surface area contributed by atoms with Crippen molar-refractivity contribution in [2.45, 2.75) is 25.6 Å². The molecule has 2 atom stereocenters. The van der Waals surface area contributed by atoms with Crippen LogP contribution in [0.5, 0.6) is 0 Å². The number of aliphatic hydroxyl groups is 2. The average Bonchev–Trinajstić information content (AvgIpc) is 2.85. The molecule has 1 aromatic heterocycles. The van der Waals surface area contributed by atoms with E-state index >= 15 is 0 Å². The van der Waals surface area contributed by atoms with Gasteiger partial charge in [-0.1, -0.05) is 23.9 Å². The van der Waals surface area contributed by atoms with Crippen LogP contribution in [0.2, 0.25) is 0 Å². The number of thioether (sulfide) groups is 1. The zero-order valence-corrected chi connectivity index (χ0v) is 12.2. The van der Waals surface area contributed by atoms with Crippen molar-refractivity contribution in [1.82, 2.24) is 0 Å². The van der Waals surface area contributed by atoms with Crippen molar-refractivity contribution in [1.29, 1.82) is 0 Å². The zero-order valence-electron chi connectivity index (χ0n) is 10.6. The molecule has 0 saturated carbocycles. The molecule has 102 valence electrons. The van der Waals surface area contributed by atoms with Crippen LogP contribution in [-0.2, 0) is 4.79 Å². The number of aliphatic hydroxyl groups excluding tert-OH is 2. The van der Waals surface area contributed by atoms with E-state index in [1.807, 2.05) is 29.6 Å². The van der Waals surface area contributed by atoms with Crippen molar-refractivity contribution in [3.05, 3.63) is 35.2 Å². The van der Waals surface area contributed by atoms with Gasteiger partial charge in [0, 0.05) is 17.4 Å². The highest BCUT2D eigenvalue weighted by atomic mass is 32.2. The van der Waals surface area contributed by atoms with Crippen LogP contribution >= 0.6 is 23.1 Å². The molecule has 0 fully saturated rings. The number of rotatable bonds is 5. The largest absolute Gasteiger partial charge is 0.390 e. The van der Waals surface area contributed by atoms with E-state index in [9.17, 15) is 15.0 Å². The van der Waals surface area contributed by atoms with Gasteiger partial charge in [-0.3, -0.25) is 4.79 Å². The number of hydrogen-bond acceptors (Lipinski definition) is 5. The maximum atomic E-state index is 10.8. The van der Waals surface area contributed by atoms with Crippen molar-refractivity contribution in [2.24, 2.45) is 0 Å². The molecule has 0 aliphatic carbocycles. The molecule has 3 nitrogen and oxygen atoms in total. The maximum absolute atomic E-state index is 10.8. The van der Waals surface area contributed by atoms with Crippen LogP contribution in [0.4, 0.5) is 0 Å². The van der Waals surface area contributed by atoms with Gasteiger partial charge in [0.25, 0.3) is 0 Å². The summed E-state index contributed by atoms with van der Waals surface area (Å²) in [5, 5.41) is 23.2. The van der Waals surface area contributed by atoms with Crippen LogP contribution in [-0.4, -0.2) is 27.2 Å². The van der Waals surface area contributed by atoms with Gasteiger partial charge < -0.3 is 10.2 Å². The Morgan fingerprint density at radius 2 is 2.16 bits per heavy atom. The Balaban J connectivity index is 2.08. The van der Waals surface area contributed by atoms with Gasteiger partial charge in [-0.25, -0.2) is 0 Å². The van der Waals surface area contributed by atoms with Gasteiger partial charge in [-0.05, 0) is 34.9 Å². The van der Waals surface area contributed by atoms with E-state index in [1.54, 1.807) is 11.3 Å². The SMILES string of the molecule is CC(=O)SCCC(O)C(O)c1cccc2sccc12. The van der Waals surface area contributed by atoms with E-state index in [1.165, 1.54) is 18.7 Å². The molecule has 2 rings (SSSR count). The first-order valence-electron chi connectivity index (χ1n) is 6.05. The van der Waals surface area contributed by atoms with Crippen LogP contribution in [0.1, 0.15) is 25.0 Å². The van der Waals surface area contributed by atoms with E-state index in [0.29, 0.717) is 12.2 Å². The Bertz CT molecular complexity index is 565. The Morgan fingerprint density at radius 3 is 2.89 bits per heavy atom. The molecule has 2 N–H and O–H groups in total. The minimum atomic E-state index is -0.911. The summed E-state index contributed by atoms with van der Waals surface area (Å²) < 4.78 is 1.10. The van der Waals surface area contributed by atoms with Crippen molar-refractivity contribution in [3.63, 3.8) is 0 Å². The monoisotopic (exact) mass is 296 g/mol. The first-order valence-corrected chi connectivity index (χ1v) is 7.91. The smallest absolute Gasteiger partial charge is 0.185 e. The lowest BCUT2D eigenvalue weighted by Crippen LogP contribution is -2.19. The van der Waals surface area contributed by atoms with E-state index < -0.39 is 12.2 Å². The third-order valence-corrected chi connectivity index (χ3v) is 4.66. The van der Waals surface area contributed by atoms with Crippen LogP contribution in [0.3, 0.4) is 0 Å². The van der Waals surface area contributed by atoms with E-state index in [2.05, 4.69) is 0 Å². The second-order valence-corrected chi connectivity index (χ2v) is 6.54. The normalized spacial score (nSPS) is 14.5. The molecule has 0 saturated heterocycles. The first-order chi connectivity index (χ1) is 9.09. The van der Waals surface area contributed by atoms with Gasteiger partial charge in [0.1, 0.15) is 6.10 Å². The number of hydrogen-bond donors (Lipinski definition) is 2. The molecule has 0 amide bonds. The molecule has 2 aromatic rings. The summed E-state index contributed by atoms with van der Waals surface area (Å²) in [6.07, 6.45) is -1.37. The third kappa shape index (κ3) is 3.57. The number of carbonyl (C=O) groups excluding carboxylic acids is 1. The predicted molar refractivity (Wildman–Crippen MR) is 80.5 cm³/mol. The molecule has 5 heteroatoms. The maximum Gasteiger partial charge on any atom is 0.185 e. The summed E-state index contributed by atoms with van der Waals surface area (Å²) in [6.45, 7) is 1.50. The summed E-state index contributed by atoms with van der Waals surface area (Å²) >= 11 is 2.78. The second kappa shape index (κ2) is 6.52. The van der Waals surface area contributed by atoms with Gasteiger partial charge in [-0.15, -0.1) is 11.3 Å². The average molecular weight is 296 g/mol. The topological polar surface area (TPSA) is 57.5 Å². The highest BCUT2D eigenvalue weighted by molar-refractivity contribution is 8.13. The van der Waals surface area contributed by atoms with Gasteiger partial charge in [0.15, 0.2) is 5.12 Å². The van der Waals surface area contributed by atoms with Gasteiger partial charge in [-0.2, -0.15) is 0 Å². The van der Waals surface area contributed by atoms with Crippen LogP contribution < -0.4 is 0 Å². The predicted octanol–water partition coefficient (Wildman–Crippen LogP) is 2.97. The lowest BCUT2D eigenvalue weighted by atomic mass is 9.99. The van der Waals surface area contributed by atoms with Crippen LogP contribution in [0.25, 0.3) is 10.1 Å². The van der Waals surface area contributed by atoms with Gasteiger partial charge >= 0.3 is 0 Å². The highest BCUT2D eigenvalue weighted by Crippen LogP contribution is 2.30. The number of fused-ring (bicyclic) bond motifs is 1. The van der Waals surface area contributed by atoms with E-state index in [4.69, 9.17) is 0 Å². The summed E-state index contributed by atoms with van der Waals surface area (Å²) in [5.41, 5.74) is 0.749. The molecule has 1 aromatic carbocycles. The Kier molecular flexibility index (Phi) is 4.99. The van der Waals surface area contributed by atoms with Crippen LogP contribution in [0, 0.1) is 0 Å². The molecule has 2 unspecified atom stereocenters. The molecule has 0 radical (unpaired) electrons. The summed E-state index contributed by atoms with van der Waals surface area (Å²) in [4.78, 5) is 10.8. The molecule has 0 bridgehead atoms. The molecule has 1 heterocycles. The van der Waals surface area contributed by atoms with E-state index in [-0.39, 0.29) is 5.12 Å². The number of benzene rings is 1. The molecule has 19 heavy (non-hydrogen) atoms. The van der Waals surface area contributed by atoms with E-state index in [0.717, 1.165) is 15.6 Å². The van der Waals surface area contributed by atoms with Crippen LogP contribution in [0.15, 0.2) is 29.6 Å². The Hall–Kier alpha value is -0.880. The van der Waals surface area contributed by atoms with Crippen molar-refractivity contribution < 1.29 is 15.0 Å². The summed E-state index contributed by atoms with van der Waals surface area (Å²) in [5.74, 6) is 0.521. The summed E-state index contributed by atoms with van der Waals surface area (Å²) in [6, 6.07) is 7.67. The minimum Gasteiger partial charge on any atom is -0.390 e. The second-order valence-electron chi connectivity index (χ2n) is 4.32. The lowest BCUT2D eigenvalue weighted by Gasteiger charge is -2.18. The highest BCUT2D eigenvalue weighted by Gasteiger charge is 2.20. The van der Waals surface area contributed by atoms with Crippen molar-refractivity contribution >= 4 is 38.3 Å². The quantitative estimate of drug-likeness (QED) is 0.890. The first kappa shape index (κ1) is 14.5. The van der Waals surface area contributed by atoms with Crippen molar-refractivity contribution in [3.8, 4) is 0 Å². The minimum absolute atomic E-state index is 0.0293. The van der Waals surface area contributed by atoms with Gasteiger partial charge in [0.05, 0.1) is 6.10 Å². The Morgan fingerprint density at radius 1 is 1.37 bits per heavy atom. The summed E-state index contributed by atoms with van der Waals surface area (Å²) in [7, 11) is 0. The zero-order chi connectivity index (χ0) is 13.8. The third-order valence-electron chi connectivity index (χ3n) is 2.93. The molecule has 0 aliphatic heterocycles. The van der Waals surface area contributed by atoms with Crippen molar-refractivity contribution in [2.75, 3.05) is 5.75 Å². The Labute approximate surface area is 120 Å². The fraction of sp³-hybridized carbons (Fsp3) is 0.357. The number of thiophene rings is 1. The molecular formula is C14H16O3S2. The van der Waals surface area contributed by atoms with Gasteiger partial charge in [0.2, 0.25) is 0 Å². The fourth-order valence-corrected chi connectivity index (χ4v) is 3.43.